The number of hydrogen-bond donors (Lipinski definition) is 1. The van der Waals surface area contributed by atoms with Crippen molar-refractivity contribution in [2.45, 2.75) is 50.1 Å². The predicted octanol–water partition coefficient (Wildman–Crippen LogP) is 4.59. The standard InChI is InChI=1S/C26H31ClN2O3/c27-22-8-6-20(7-9-22)24(30)10-11-25(31)28-23-12-14-26(15-13-23,21-4-2-1-3-5-21)29-16-18-32-19-17-29/h1-9,23H,10-19H2,(H,28,31). The molecule has 1 aliphatic heterocycles. The van der Waals surface area contributed by atoms with E-state index in [4.69, 9.17) is 16.3 Å². The van der Waals surface area contributed by atoms with Crippen molar-refractivity contribution >= 4 is 23.3 Å². The maximum atomic E-state index is 12.5. The molecule has 5 nitrogen and oxygen atoms in total. The second kappa shape index (κ2) is 10.6. The Morgan fingerprint density at radius 3 is 2.28 bits per heavy atom. The van der Waals surface area contributed by atoms with Crippen molar-refractivity contribution in [1.82, 2.24) is 10.2 Å². The van der Waals surface area contributed by atoms with E-state index in [0.717, 1.165) is 52.0 Å². The molecule has 1 amide bonds. The van der Waals surface area contributed by atoms with Gasteiger partial charge in [0.25, 0.3) is 0 Å². The summed E-state index contributed by atoms with van der Waals surface area (Å²) in [5.74, 6) is -0.0771. The first kappa shape index (κ1) is 23.0. The molecule has 4 rings (SSSR count). The summed E-state index contributed by atoms with van der Waals surface area (Å²) in [5.41, 5.74) is 1.97. The van der Waals surface area contributed by atoms with Crippen LogP contribution in [-0.4, -0.2) is 48.9 Å². The molecule has 2 aromatic rings. The highest BCUT2D eigenvalue weighted by atomic mass is 35.5. The quantitative estimate of drug-likeness (QED) is 0.621. The van der Waals surface area contributed by atoms with E-state index in [1.54, 1.807) is 24.3 Å². The summed E-state index contributed by atoms with van der Waals surface area (Å²) in [6, 6.07) is 17.7. The van der Waals surface area contributed by atoms with Crippen LogP contribution in [0.2, 0.25) is 5.02 Å². The van der Waals surface area contributed by atoms with Crippen LogP contribution in [0.4, 0.5) is 0 Å². The van der Waals surface area contributed by atoms with Gasteiger partial charge < -0.3 is 10.1 Å². The van der Waals surface area contributed by atoms with Gasteiger partial charge in [-0.15, -0.1) is 0 Å². The van der Waals surface area contributed by atoms with Gasteiger partial charge in [0.1, 0.15) is 0 Å². The molecule has 170 valence electrons. The fraction of sp³-hybridized carbons (Fsp3) is 0.462. The van der Waals surface area contributed by atoms with Crippen LogP contribution >= 0.6 is 11.6 Å². The number of benzene rings is 2. The lowest BCUT2D eigenvalue weighted by Gasteiger charge is -2.50. The van der Waals surface area contributed by atoms with E-state index in [9.17, 15) is 9.59 Å². The first-order chi connectivity index (χ1) is 15.6. The van der Waals surface area contributed by atoms with E-state index in [1.165, 1.54) is 5.56 Å². The van der Waals surface area contributed by atoms with Gasteiger partial charge in [0, 0.05) is 48.1 Å². The maximum Gasteiger partial charge on any atom is 0.220 e. The van der Waals surface area contributed by atoms with Gasteiger partial charge >= 0.3 is 0 Å². The van der Waals surface area contributed by atoms with Crippen molar-refractivity contribution in [3.63, 3.8) is 0 Å². The molecule has 1 saturated carbocycles. The number of ketones is 1. The lowest BCUT2D eigenvalue weighted by molar-refractivity contribution is -0.122. The van der Waals surface area contributed by atoms with E-state index in [2.05, 4.69) is 40.5 Å². The van der Waals surface area contributed by atoms with Crippen LogP contribution in [0.3, 0.4) is 0 Å². The number of nitrogens with one attached hydrogen (secondary N) is 1. The molecular formula is C26H31ClN2O3. The molecule has 0 unspecified atom stereocenters. The van der Waals surface area contributed by atoms with Gasteiger partial charge in [-0.3, -0.25) is 14.5 Å². The molecule has 6 heteroatoms. The Hall–Kier alpha value is -2.21. The Morgan fingerprint density at radius 2 is 1.62 bits per heavy atom. The number of rotatable bonds is 7. The van der Waals surface area contributed by atoms with Crippen LogP contribution in [0.1, 0.15) is 54.4 Å². The van der Waals surface area contributed by atoms with Crippen molar-refractivity contribution in [3.05, 3.63) is 70.7 Å². The van der Waals surface area contributed by atoms with Crippen LogP contribution in [0.25, 0.3) is 0 Å². The lowest BCUT2D eigenvalue weighted by atomic mass is 9.73. The number of halogens is 1. The largest absolute Gasteiger partial charge is 0.379 e. The van der Waals surface area contributed by atoms with Crippen LogP contribution in [-0.2, 0) is 15.1 Å². The summed E-state index contributed by atoms with van der Waals surface area (Å²) in [5, 5.41) is 3.77. The number of nitrogens with zero attached hydrogens (tertiary/aromatic N) is 1. The van der Waals surface area contributed by atoms with E-state index in [-0.39, 0.29) is 36.1 Å². The minimum atomic E-state index is -0.0455. The van der Waals surface area contributed by atoms with Crippen LogP contribution in [0.5, 0.6) is 0 Å². The zero-order valence-electron chi connectivity index (χ0n) is 18.4. The molecule has 1 N–H and O–H groups in total. The van der Waals surface area contributed by atoms with Crippen LogP contribution in [0, 0.1) is 0 Å². The molecule has 2 aromatic carbocycles. The van der Waals surface area contributed by atoms with Gasteiger partial charge in [-0.05, 0) is 55.5 Å². The van der Waals surface area contributed by atoms with E-state index >= 15 is 0 Å². The van der Waals surface area contributed by atoms with Gasteiger partial charge in [-0.2, -0.15) is 0 Å². The fourth-order valence-electron chi connectivity index (χ4n) is 5.07. The van der Waals surface area contributed by atoms with E-state index in [1.807, 2.05) is 0 Å². The average Bonchev–Trinajstić information content (AvgIpc) is 2.85. The van der Waals surface area contributed by atoms with E-state index < -0.39 is 0 Å². The highest BCUT2D eigenvalue weighted by Gasteiger charge is 2.42. The molecular weight excluding hydrogens is 424 g/mol. The van der Waals surface area contributed by atoms with Crippen molar-refractivity contribution in [2.24, 2.45) is 0 Å². The fourth-order valence-corrected chi connectivity index (χ4v) is 5.20. The van der Waals surface area contributed by atoms with Crippen molar-refractivity contribution in [1.29, 1.82) is 0 Å². The SMILES string of the molecule is O=C(CCC(=O)c1ccc(Cl)cc1)NC1CCC(c2ccccc2)(N2CCOCC2)CC1. The zero-order valence-corrected chi connectivity index (χ0v) is 19.2. The summed E-state index contributed by atoms with van der Waals surface area (Å²) >= 11 is 5.88. The Balaban J connectivity index is 1.32. The van der Waals surface area contributed by atoms with E-state index in [0.29, 0.717) is 10.6 Å². The number of carbonyl (C=O) groups is 2. The van der Waals surface area contributed by atoms with Crippen molar-refractivity contribution in [3.8, 4) is 0 Å². The molecule has 2 fully saturated rings. The highest BCUT2D eigenvalue weighted by Crippen LogP contribution is 2.42. The van der Waals surface area contributed by atoms with Gasteiger partial charge in [0.15, 0.2) is 5.78 Å². The van der Waals surface area contributed by atoms with Gasteiger partial charge in [0.05, 0.1) is 13.2 Å². The highest BCUT2D eigenvalue weighted by molar-refractivity contribution is 6.30. The summed E-state index contributed by atoms with van der Waals surface area (Å²) in [7, 11) is 0. The van der Waals surface area contributed by atoms with Crippen LogP contribution in [0.15, 0.2) is 54.6 Å². The first-order valence-corrected chi connectivity index (χ1v) is 11.9. The van der Waals surface area contributed by atoms with Crippen molar-refractivity contribution in [2.75, 3.05) is 26.3 Å². The Bertz CT molecular complexity index is 902. The third-order valence-corrected chi connectivity index (χ3v) is 7.10. The van der Waals surface area contributed by atoms with Gasteiger partial charge in [0.2, 0.25) is 5.91 Å². The first-order valence-electron chi connectivity index (χ1n) is 11.5. The number of hydrogen-bond acceptors (Lipinski definition) is 4. The molecule has 1 heterocycles. The minimum absolute atomic E-state index is 0.0107. The normalized spacial score (nSPS) is 24.1. The summed E-state index contributed by atoms with van der Waals surface area (Å²) in [4.78, 5) is 27.4. The van der Waals surface area contributed by atoms with Gasteiger partial charge in [-0.25, -0.2) is 0 Å². The average molecular weight is 455 g/mol. The molecule has 0 aromatic heterocycles. The molecule has 1 aliphatic carbocycles. The summed E-state index contributed by atoms with van der Waals surface area (Å²) < 4.78 is 5.60. The zero-order chi connectivity index (χ0) is 22.4. The Morgan fingerprint density at radius 1 is 0.969 bits per heavy atom. The second-order valence-corrected chi connectivity index (χ2v) is 9.21. The summed E-state index contributed by atoms with van der Waals surface area (Å²) in [6.45, 7) is 3.43. The Labute approximate surface area is 195 Å². The van der Waals surface area contributed by atoms with Crippen LogP contribution < -0.4 is 5.32 Å². The smallest absolute Gasteiger partial charge is 0.220 e. The monoisotopic (exact) mass is 454 g/mol. The molecule has 1 saturated heterocycles. The van der Waals surface area contributed by atoms with Gasteiger partial charge in [-0.1, -0.05) is 41.9 Å². The molecule has 2 aliphatic rings. The topological polar surface area (TPSA) is 58.6 Å². The lowest BCUT2D eigenvalue weighted by Crippen LogP contribution is -2.54. The number of carbonyl (C=O) groups excluding carboxylic acids is 2. The number of amides is 1. The maximum absolute atomic E-state index is 12.5. The number of morpholine rings is 1. The number of Topliss-reactive ketones (excluding diaryl/α,β-unsaturated/α-hetero) is 1. The third kappa shape index (κ3) is 5.40. The molecule has 0 atom stereocenters. The van der Waals surface area contributed by atoms with Crippen molar-refractivity contribution < 1.29 is 14.3 Å². The summed E-state index contributed by atoms with van der Waals surface area (Å²) in [6.07, 6.45) is 4.30. The Kier molecular flexibility index (Phi) is 7.61. The molecule has 0 radical (unpaired) electrons. The molecule has 0 spiro atoms. The predicted molar refractivity (Wildman–Crippen MR) is 126 cm³/mol. The minimum Gasteiger partial charge on any atom is -0.379 e. The number of ether oxygens (including phenoxy) is 1. The third-order valence-electron chi connectivity index (χ3n) is 6.85. The molecule has 0 bridgehead atoms. The second-order valence-electron chi connectivity index (χ2n) is 8.77. The molecule has 32 heavy (non-hydrogen) atoms.